The van der Waals surface area contributed by atoms with E-state index in [2.05, 4.69) is 4.90 Å². The summed E-state index contributed by atoms with van der Waals surface area (Å²) in [5.74, 6) is 0.754. The number of ether oxygens (including phenoxy) is 4. The Bertz CT molecular complexity index is 401. The summed E-state index contributed by atoms with van der Waals surface area (Å²) < 4.78 is 20.9. The molecule has 0 aliphatic heterocycles. The Kier molecular flexibility index (Phi) is 8.57. The molecule has 0 fully saturated rings. The summed E-state index contributed by atoms with van der Waals surface area (Å²) in [6.07, 6.45) is 0. The maximum absolute atomic E-state index is 5.84. The lowest BCUT2D eigenvalue weighted by Crippen LogP contribution is -2.23. The molecule has 6 nitrogen and oxygen atoms in total. The molecule has 0 spiro atoms. The van der Waals surface area contributed by atoms with E-state index in [0.717, 1.165) is 18.0 Å². The van der Waals surface area contributed by atoms with Crippen LogP contribution in [0.25, 0.3) is 0 Å². The van der Waals surface area contributed by atoms with Crippen LogP contribution in [0.2, 0.25) is 0 Å². The van der Waals surface area contributed by atoms with Crippen molar-refractivity contribution in [3.8, 4) is 5.75 Å². The normalized spacial score (nSPS) is 10.6. The van der Waals surface area contributed by atoms with Gasteiger partial charge < -0.3 is 29.6 Å². The smallest absolute Gasteiger partial charge is 0.122 e. The van der Waals surface area contributed by atoms with Crippen LogP contribution in [-0.2, 0) is 14.2 Å². The molecule has 2 N–H and O–H groups in total. The number of nitrogens with zero attached hydrogens (tertiary/aromatic N) is 1. The van der Waals surface area contributed by atoms with Crippen molar-refractivity contribution in [2.24, 2.45) is 0 Å². The highest BCUT2D eigenvalue weighted by Gasteiger charge is 2.04. The minimum absolute atomic E-state index is 0.581. The zero-order valence-electron chi connectivity index (χ0n) is 13.1. The van der Waals surface area contributed by atoms with E-state index in [9.17, 15) is 0 Å². The van der Waals surface area contributed by atoms with Crippen molar-refractivity contribution in [3.63, 3.8) is 0 Å². The van der Waals surface area contributed by atoms with E-state index >= 15 is 0 Å². The quantitative estimate of drug-likeness (QED) is 0.492. The molecule has 0 atom stereocenters. The third-order valence-corrected chi connectivity index (χ3v) is 2.96. The minimum atomic E-state index is 0.581. The summed E-state index contributed by atoms with van der Waals surface area (Å²) in [6, 6.07) is 5.66. The molecule has 21 heavy (non-hydrogen) atoms. The molecule has 120 valence electrons. The van der Waals surface area contributed by atoms with Crippen LogP contribution in [0.1, 0.15) is 0 Å². The summed E-state index contributed by atoms with van der Waals surface area (Å²) in [7, 11) is 5.28. The highest BCUT2D eigenvalue weighted by molar-refractivity contribution is 5.60. The Labute approximate surface area is 126 Å². The molecular weight excluding hydrogens is 272 g/mol. The van der Waals surface area contributed by atoms with Crippen molar-refractivity contribution in [2.45, 2.75) is 0 Å². The molecule has 1 rings (SSSR count). The predicted molar refractivity (Wildman–Crippen MR) is 84.2 cm³/mol. The fourth-order valence-electron chi connectivity index (χ4n) is 1.74. The van der Waals surface area contributed by atoms with E-state index in [-0.39, 0.29) is 0 Å². The van der Waals surface area contributed by atoms with Gasteiger partial charge in [-0.3, -0.25) is 0 Å². The average Bonchev–Trinajstić information content (AvgIpc) is 2.49. The SMILES string of the molecule is COCCOCCOCCN(C)c1cc(N)cc(OC)c1. The summed E-state index contributed by atoms with van der Waals surface area (Å²) in [5.41, 5.74) is 7.53. The largest absolute Gasteiger partial charge is 0.497 e. The van der Waals surface area contributed by atoms with Gasteiger partial charge in [0.2, 0.25) is 0 Å². The third-order valence-electron chi connectivity index (χ3n) is 2.96. The van der Waals surface area contributed by atoms with E-state index in [4.69, 9.17) is 24.7 Å². The Hall–Kier alpha value is -1.50. The van der Waals surface area contributed by atoms with Crippen molar-refractivity contribution in [1.29, 1.82) is 0 Å². The molecule has 0 saturated carbocycles. The van der Waals surface area contributed by atoms with E-state index in [1.807, 2.05) is 19.2 Å². The molecule has 1 aromatic rings. The topological polar surface area (TPSA) is 66.2 Å². The molecule has 0 heterocycles. The lowest BCUT2D eigenvalue weighted by atomic mass is 10.2. The first-order valence-electron chi connectivity index (χ1n) is 6.97. The van der Waals surface area contributed by atoms with Gasteiger partial charge in [-0.25, -0.2) is 0 Å². The Balaban J connectivity index is 2.21. The highest BCUT2D eigenvalue weighted by atomic mass is 16.5. The summed E-state index contributed by atoms with van der Waals surface area (Å²) in [4.78, 5) is 2.07. The van der Waals surface area contributed by atoms with Gasteiger partial charge in [-0.05, 0) is 6.07 Å². The van der Waals surface area contributed by atoms with Crippen LogP contribution >= 0.6 is 0 Å². The van der Waals surface area contributed by atoms with E-state index < -0.39 is 0 Å². The second-order valence-corrected chi connectivity index (χ2v) is 4.60. The number of hydrogen-bond donors (Lipinski definition) is 1. The van der Waals surface area contributed by atoms with Crippen LogP contribution in [0.4, 0.5) is 11.4 Å². The van der Waals surface area contributed by atoms with Gasteiger partial charge in [-0.2, -0.15) is 0 Å². The Morgan fingerprint density at radius 1 is 0.952 bits per heavy atom. The molecule has 0 bridgehead atoms. The second-order valence-electron chi connectivity index (χ2n) is 4.60. The number of likely N-dealkylation sites (N-methyl/N-ethyl adjacent to an activating group) is 1. The first-order valence-corrected chi connectivity index (χ1v) is 6.97. The molecule has 6 heteroatoms. The number of anilines is 2. The molecule has 0 amide bonds. The molecule has 0 saturated heterocycles. The van der Waals surface area contributed by atoms with Crippen LogP contribution in [0.15, 0.2) is 18.2 Å². The van der Waals surface area contributed by atoms with Gasteiger partial charge in [0, 0.05) is 44.2 Å². The predicted octanol–water partition coefficient (Wildman–Crippen LogP) is 1.39. The maximum atomic E-state index is 5.84. The van der Waals surface area contributed by atoms with Gasteiger partial charge >= 0.3 is 0 Å². The number of nitrogen functional groups attached to an aromatic ring is 1. The van der Waals surface area contributed by atoms with E-state index in [0.29, 0.717) is 38.7 Å². The summed E-state index contributed by atoms with van der Waals surface area (Å²) in [5, 5.41) is 0. The van der Waals surface area contributed by atoms with Gasteiger partial charge in [0.15, 0.2) is 0 Å². The molecule has 0 unspecified atom stereocenters. The van der Waals surface area contributed by atoms with Crippen LogP contribution < -0.4 is 15.4 Å². The standard InChI is InChI=1S/C15H26N2O4/c1-17(4-5-20-8-9-21-7-6-18-2)14-10-13(16)11-15(12-14)19-3/h10-12H,4-9,16H2,1-3H3. The van der Waals surface area contributed by atoms with E-state index in [1.165, 1.54) is 0 Å². The first kappa shape index (κ1) is 17.6. The molecular formula is C15H26N2O4. The monoisotopic (exact) mass is 298 g/mol. The van der Waals surface area contributed by atoms with Crippen molar-refractivity contribution < 1.29 is 18.9 Å². The summed E-state index contributed by atoms with van der Waals surface area (Å²) in [6.45, 7) is 3.77. The zero-order chi connectivity index (χ0) is 15.5. The number of nitrogens with two attached hydrogens (primary N) is 1. The minimum Gasteiger partial charge on any atom is -0.497 e. The number of benzene rings is 1. The van der Waals surface area contributed by atoms with Gasteiger partial charge in [0.25, 0.3) is 0 Å². The van der Waals surface area contributed by atoms with Gasteiger partial charge in [-0.1, -0.05) is 0 Å². The van der Waals surface area contributed by atoms with Crippen molar-refractivity contribution >= 4 is 11.4 Å². The number of hydrogen-bond acceptors (Lipinski definition) is 6. The van der Waals surface area contributed by atoms with Crippen LogP contribution in [0, 0.1) is 0 Å². The van der Waals surface area contributed by atoms with Crippen LogP contribution in [0.3, 0.4) is 0 Å². The average molecular weight is 298 g/mol. The Morgan fingerprint density at radius 2 is 1.62 bits per heavy atom. The van der Waals surface area contributed by atoms with Crippen LogP contribution in [-0.4, -0.2) is 60.8 Å². The second kappa shape index (κ2) is 10.3. The number of methoxy groups -OCH3 is 2. The van der Waals surface area contributed by atoms with Crippen molar-refractivity contribution in [3.05, 3.63) is 18.2 Å². The summed E-state index contributed by atoms with van der Waals surface area (Å²) >= 11 is 0. The highest BCUT2D eigenvalue weighted by Crippen LogP contribution is 2.24. The van der Waals surface area contributed by atoms with E-state index in [1.54, 1.807) is 20.3 Å². The van der Waals surface area contributed by atoms with Gasteiger partial charge in [-0.15, -0.1) is 0 Å². The fraction of sp³-hybridized carbons (Fsp3) is 0.600. The fourth-order valence-corrected chi connectivity index (χ4v) is 1.74. The molecule has 1 aromatic carbocycles. The van der Waals surface area contributed by atoms with Gasteiger partial charge in [0.1, 0.15) is 5.75 Å². The molecule has 0 aliphatic carbocycles. The van der Waals surface area contributed by atoms with Crippen LogP contribution in [0.5, 0.6) is 5.75 Å². The maximum Gasteiger partial charge on any atom is 0.122 e. The Morgan fingerprint density at radius 3 is 2.29 bits per heavy atom. The molecule has 0 aromatic heterocycles. The first-order chi connectivity index (χ1) is 10.2. The van der Waals surface area contributed by atoms with Gasteiger partial charge in [0.05, 0.1) is 40.1 Å². The third kappa shape index (κ3) is 7.17. The number of rotatable bonds is 11. The molecule has 0 aliphatic rings. The van der Waals surface area contributed by atoms with Crippen molar-refractivity contribution in [1.82, 2.24) is 0 Å². The zero-order valence-corrected chi connectivity index (χ0v) is 13.1. The van der Waals surface area contributed by atoms with Crippen molar-refractivity contribution in [2.75, 3.05) is 71.5 Å². The lowest BCUT2D eigenvalue weighted by Gasteiger charge is -2.20. The lowest BCUT2D eigenvalue weighted by molar-refractivity contribution is 0.0266. The molecule has 0 radical (unpaired) electrons.